The Hall–Kier alpha value is -2.04. The first-order chi connectivity index (χ1) is 12.1. The zero-order valence-electron chi connectivity index (χ0n) is 16.5. The van der Waals surface area contributed by atoms with Crippen LogP contribution in [0, 0.1) is 5.41 Å². The Morgan fingerprint density at radius 1 is 1.15 bits per heavy atom. The molecule has 0 bridgehead atoms. The second-order valence-electron chi connectivity index (χ2n) is 9.20. The molecule has 1 N–H and O–H groups in total. The van der Waals surface area contributed by atoms with Crippen LogP contribution in [-0.2, 0) is 9.53 Å². The molecular weight excluding hydrogens is 328 g/mol. The van der Waals surface area contributed by atoms with Gasteiger partial charge in [-0.25, -0.2) is 4.79 Å². The molecule has 1 aromatic carbocycles. The van der Waals surface area contributed by atoms with Crippen molar-refractivity contribution in [3.63, 3.8) is 0 Å². The lowest BCUT2D eigenvalue weighted by molar-refractivity contribution is -0.122. The van der Waals surface area contributed by atoms with Crippen LogP contribution in [-0.4, -0.2) is 35.1 Å². The minimum atomic E-state index is -0.580. The molecule has 142 valence electrons. The number of hydrogen-bond donors (Lipinski definition) is 1. The molecule has 0 radical (unpaired) electrons. The van der Waals surface area contributed by atoms with Crippen molar-refractivity contribution in [3.8, 4) is 0 Å². The maximum atomic E-state index is 13.0. The monoisotopic (exact) mass is 358 g/mol. The maximum absolute atomic E-state index is 13.0. The molecule has 1 aliphatic heterocycles. The summed E-state index contributed by atoms with van der Waals surface area (Å²) < 4.78 is 5.50. The van der Waals surface area contributed by atoms with Gasteiger partial charge in [-0.2, -0.15) is 0 Å². The first-order valence-electron chi connectivity index (χ1n) is 9.47. The number of carbonyl (C=O) groups excluding carboxylic acids is 2. The van der Waals surface area contributed by atoms with Crippen molar-refractivity contribution >= 4 is 17.7 Å². The highest BCUT2D eigenvalue weighted by Gasteiger charge is 2.48. The number of carbonyl (C=O) groups is 2. The maximum Gasteiger partial charge on any atom is 0.410 e. The van der Waals surface area contributed by atoms with Crippen LogP contribution in [0.5, 0.6) is 0 Å². The van der Waals surface area contributed by atoms with Gasteiger partial charge < -0.3 is 10.1 Å². The van der Waals surface area contributed by atoms with Crippen LogP contribution in [0.1, 0.15) is 65.4 Å². The van der Waals surface area contributed by atoms with Crippen molar-refractivity contribution in [2.75, 3.05) is 11.9 Å². The number of ether oxygens (including phenoxy) is 1. The molecule has 1 saturated heterocycles. The van der Waals surface area contributed by atoms with E-state index in [0.717, 1.165) is 12.1 Å². The van der Waals surface area contributed by atoms with E-state index in [1.54, 1.807) is 4.90 Å². The van der Waals surface area contributed by atoms with E-state index in [9.17, 15) is 9.59 Å². The van der Waals surface area contributed by atoms with Crippen molar-refractivity contribution in [1.29, 1.82) is 0 Å². The van der Waals surface area contributed by atoms with Gasteiger partial charge in [0.05, 0.1) is 0 Å². The largest absolute Gasteiger partial charge is 0.444 e. The van der Waals surface area contributed by atoms with Crippen LogP contribution in [0.4, 0.5) is 10.5 Å². The Morgan fingerprint density at radius 3 is 2.31 bits per heavy atom. The van der Waals surface area contributed by atoms with Gasteiger partial charge in [0.2, 0.25) is 5.91 Å². The van der Waals surface area contributed by atoms with E-state index in [2.05, 4.69) is 17.4 Å². The van der Waals surface area contributed by atoms with Crippen LogP contribution in [0.3, 0.4) is 0 Å². The summed E-state index contributed by atoms with van der Waals surface area (Å²) in [6.07, 6.45) is 2.86. The van der Waals surface area contributed by atoms with Crippen LogP contribution >= 0.6 is 0 Å². The minimum Gasteiger partial charge on any atom is -0.444 e. The van der Waals surface area contributed by atoms with E-state index in [0.29, 0.717) is 12.5 Å². The van der Waals surface area contributed by atoms with Gasteiger partial charge in [-0.1, -0.05) is 26.0 Å². The zero-order chi connectivity index (χ0) is 19.1. The van der Waals surface area contributed by atoms with Gasteiger partial charge >= 0.3 is 6.09 Å². The van der Waals surface area contributed by atoms with Crippen molar-refractivity contribution in [2.45, 2.75) is 71.4 Å². The summed E-state index contributed by atoms with van der Waals surface area (Å²) >= 11 is 0. The van der Waals surface area contributed by atoms with Crippen molar-refractivity contribution in [3.05, 3.63) is 29.8 Å². The Labute approximate surface area is 156 Å². The molecular formula is C21H30N2O3. The number of benzene rings is 1. The van der Waals surface area contributed by atoms with E-state index >= 15 is 0 Å². The third-order valence-electron chi connectivity index (χ3n) is 5.15. The predicted octanol–water partition coefficient (Wildman–Crippen LogP) is 4.54. The quantitative estimate of drug-likeness (QED) is 0.863. The molecule has 1 aromatic rings. The Kier molecular flexibility index (Phi) is 4.76. The lowest BCUT2D eigenvalue weighted by atomic mass is 9.84. The van der Waals surface area contributed by atoms with Crippen LogP contribution in [0.15, 0.2) is 24.3 Å². The first kappa shape index (κ1) is 18.7. The van der Waals surface area contributed by atoms with Gasteiger partial charge in [-0.15, -0.1) is 0 Å². The molecule has 1 heterocycles. The van der Waals surface area contributed by atoms with Gasteiger partial charge in [0.1, 0.15) is 11.6 Å². The summed E-state index contributed by atoms with van der Waals surface area (Å²) in [5.41, 5.74) is 1.23. The fourth-order valence-electron chi connectivity index (χ4n) is 3.58. The Bertz CT molecular complexity index is 684. The van der Waals surface area contributed by atoms with E-state index in [1.807, 2.05) is 46.8 Å². The highest BCUT2D eigenvalue weighted by Crippen LogP contribution is 2.40. The van der Waals surface area contributed by atoms with E-state index < -0.39 is 17.7 Å². The average Bonchev–Trinajstić information content (AvgIpc) is 3.30. The van der Waals surface area contributed by atoms with E-state index in [4.69, 9.17) is 4.74 Å². The Morgan fingerprint density at radius 2 is 1.77 bits per heavy atom. The number of anilines is 1. The molecule has 0 spiro atoms. The summed E-state index contributed by atoms with van der Waals surface area (Å²) in [4.78, 5) is 27.1. The standard InChI is InChI=1S/C21H30N2O3/c1-20(2,3)26-19(25)23-13-12-21(4,5)17(23)18(24)22-16-10-8-15(9-11-16)14-6-7-14/h8-11,14,17H,6-7,12-13H2,1-5H3,(H,22,24). The van der Waals surface area contributed by atoms with E-state index in [1.165, 1.54) is 18.4 Å². The fraction of sp³-hybridized carbons (Fsp3) is 0.619. The topological polar surface area (TPSA) is 58.6 Å². The molecule has 2 aliphatic rings. The van der Waals surface area contributed by atoms with Crippen molar-refractivity contribution in [1.82, 2.24) is 4.90 Å². The third-order valence-corrected chi connectivity index (χ3v) is 5.15. The third kappa shape index (κ3) is 4.19. The smallest absolute Gasteiger partial charge is 0.410 e. The predicted molar refractivity (Wildman–Crippen MR) is 102 cm³/mol. The molecule has 1 unspecified atom stereocenters. The number of likely N-dealkylation sites (tertiary alicyclic amines) is 1. The number of rotatable bonds is 3. The zero-order valence-corrected chi connectivity index (χ0v) is 16.5. The summed E-state index contributed by atoms with van der Waals surface area (Å²) in [6.45, 7) is 10.1. The molecule has 26 heavy (non-hydrogen) atoms. The fourth-order valence-corrected chi connectivity index (χ4v) is 3.58. The molecule has 1 atom stereocenters. The summed E-state index contributed by atoms with van der Waals surface area (Å²) in [5.74, 6) is 0.536. The van der Waals surface area contributed by atoms with Gasteiger partial charge in [0.15, 0.2) is 0 Å². The van der Waals surface area contributed by atoms with Crippen LogP contribution in [0.25, 0.3) is 0 Å². The number of hydrogen-bond acceptors (Lipinski definition) is 3. The highest BCUT2D eigenvalue weighted by molar-refractivity contribution is 5.97. The normalized spacial score (nSPS) is 22.2. The second-order valence-corrected chi connectivity index (χ2v) is 9.20. The number of nitrogens with zero attached hydrogens (tertiary/aromatic N) is 1. The first-order valence-corrected chi connectivity index (χ1v) is 9.47. The lowest BCUT2D eigenvalue weighted by Gasteiger charge is -2.32. The van der Waals surface area contributed by atoms with Crippen molar-refractivity contribution in [2.24, 2.45) is 5.41 Å². The highest BCUT2D eigenvalue weighted by atomic mass is 16.6. The van der Waals surface area contributed by atoms with Crippen LogP contribution in [0.2, 0.25) is 0 Å². The molecule has 3 rings (SSSR count). The van der Waals surface area contributed by atoms with Crippen LogP contribution < -0.4 is 5.32 Å². The molecule has 5 heteroatoms. The molecule has 5 nitrogen and oxygen atoms in total. The second kappa shape index (κ2) is 6.60. The van der Waals surface area contributed by atoms with Crippen molar-refractivity contribution < 1.29 is 14.3 Å². The molecule has 1 aliphatic carbocycles. The van der Waals surface area contributed by atoms with Gasteiger partial charge in [0.25, 0.3) is 0 Å². The van der Waals surface area contributed by atoms with Gasteiger partial charge in [0, 0.05) is 12.2 Å². The average molecular weight is 358 g/mol. The minimum absolute atomic E-state index is 0.155. The number of nitrogens with one attached hydrogen (secondary N) is 1. The summed E-state index contributed by atoms with van der Waals surface area (Å²) in [6, 6.07) is 7.52. The van der Waals surface area contributed by atoms with Gasteiger partial charge in [-0.05, 0) is 69.1 Å². The summed E-state index contributed by atoms with van der Waals surface area (Å²) in [7, 11) is 0. The molecule has 2 fully saturated rings. The van der Waals surface area contributed by atoms with E-state index in [-0.39, 0.29) is 11.3 Å². The summed E-state index contributed by atoms with van der Waals surface area (Å²) in [5, 5.41) is 2.99. The van der Waals surface area contributed by atoms with Gasteiger partial charge in [-0.3, -0.25) is 9.69 Å². The number of amides is 2. The Balaban J connectivity index is 1.72. The molecule has 1 saturated carbocycles. The molecule has 0 aromatic heterocycles. The SMILES string of the molecule is CC(C)(C)OC(=O)N1CCC(C)(C)C1C(=O)Nc1ccc(C2CC2)cc1. The molecule has 2 amide bonds. The lowest BCUT2D eigenvalue weighted by Crippen LogP contribution is -2.50.